The van der Waals surface area contributed by atoms with Gasteiger partial charge >= 0.3 is 0 Å². The molecule has 0 fully saturated rings. The molecule has 0 amide bonds. The number of hydrogen-bond acceptors (Lipinski definition) is 5. The first-order chi connectivity index (χ1) is 12.9. The summed E-state index contributed by atoms with van der Waals surface area (Å²) in [7, 11) is 5.51. The minimum Gasteiger partial charge on any atom is -0.323 e. The Balaban J connectivity index is 0. The van der Waals surface area contributed by atoms with Crippen LogP contribution in [0.15, 0.2) is 68.2 Å². The molecule has 4 nitrogen and oxygen atoms in total. The molecule has 0 unspecified atom stereocenters. The van der Waals surface area contributed by atoms with Crippen LogP contribution in [0.2, 0.25) is 0 Å². The number of aliphatic imine (C=N–C) groups is 3. The lowest BCUT2D eigenvalue weighted by molar-refractivity contribution is 1.02. The van der Waals surface area contributed by atoms with Crippen LogP contribution in [-0.4, -0.2) is 38.8 Å². The molecule has 0 spiro atoms. The molecule has 0 atom stereocenters. The maximum Gasteiger partial charge on any atom is 0.0584 e. The van der Waals surface area contributed by atoms with E-state index < -0.39 is 0 Å². The average Bonchev–Trinajstić information content (AvgIpc) is 3.13. The van der Waals surface area contributed by atoms with Crippen molar-refractivity contribution in [2.75, 3.05) is 21.1 Å². The SMILES string of the molecule is C/C=C\N=C(C)C(C)=N/C=C(C)/C(C=NC)=C/C.CNC.Cc1cccs1. The molecule has 150 valence electrons. The molecule has 1 rings (SSSR count). The van der Waals surface area contributed by atoms with E-state index in [0.29, 0.717) is 0 Å². The van der Waals surface area contributed by atoms with Crippen molar-refractivity contribution in [3.63, 3.8) is 0 Å². The topological polar surface area (TPSA) is 49.1 Å². The Labute approximate surface area is 170 Å². The zero-order valence-electron chi connectivity index (χ0n) is 18.4. The van der Waals surface area contributed by atoms with E-state index in [0.717, 1.165) is 22.6 Å². The van der Waals surface area contributed by atoms with Crippen molar-refractivity contribution in [3.05, 3.63) is 58.1 Å². The minimum atomic E-state index is 0.913. The highest BCUT2D eigenvalue weighted by molar-refractivity contribution is 7.09. The van der Waals surface area contributed by atoms with E-state index in [2.05, 4.69) is 44.7 Å². The van der Waals surface area contributed by atoms with Gasteiger partial charge < -0.3 is 5.32 Å². The third-order valence-electron chi connectivity index (χ3n) is 3.09. The van der Waals surface area contributed by atoms with Crippen LogP contribution >= 0.6 is 11.3 Å². The monoisotopic (exact) mass is 388 g/mol. The van der Waals surface area contributed by atoms with Gasteiger partial charge in [-0.3, -0.25) is 15.0 Å². The minimum absolute atomic E-state index is 0.913. The van der Waals surface area contributed by atoms with Gasteiger partial charge in [0.15, 0.2) is 0 Å². The fourth-order valence-electron chi connectivity index (χ4n) is 1.55. The molecule has 1 aromatic rings. The highest BCUT2D eigenvalue weighted by Crippen LogP contribution is 2.07. The second kappa shape index (κ2) is 18.7. The quantitative estimate of drug-likeness (QED) is 0.496. The van der Waals surface area contributed by atoms with E-state index in [-0.39, 0.29) is 0 Å². The largest absolute Gasteiger partial charge is 0.323 e. The normalized spacial score (nSPS) is 13.4. The maximum absolute atomic E-state index is 4.42. The summed E-state index contributed by atoms with van der Waals surface area (Å²) in [5.41, 5.74) is 4.00. The van der Waals surface area contributed by atoms with Crippen LogP contribution in [0.3, 0.4) is 0 Å². The summed E-state index contributed by atoms with van der Waals surface area (Å²) in [5, 5.41) is 4.83. The Morgan fingerprint density at radius 3 is 2.04 bits per heavy atom. The summed E-state index contributed by atoms with van der Waals surface area (Å²) < 4.78 is 0. The van der Waals surface area contributed by atoms with Crippen molar-refractivity contribution >= 4 is 29.0 Å². The van der Waals surface area contributed by atoms with E-state index in [4.69, 9.17) is 0 Å². The summed E-state index contributed by atoms with van der Waals surface area (Å²) in [6, 6.07) is 4.16. The number of nitrogens with one attached hydrogen (secondary N) is 1. The Hall–Kier alpha value is -2.11. The van der Waals surface area contributed by atoms with Crippen LogP contribution in [-0.2, 0) is 0 Å². The molecular formula is C22H36N4S. The molecule has 0 aliphatic rings. The van der Waals surface area contributed by atoms with Crippen molar-refractivity contribution in [3.8, 4) is 0 Å². The molecule has 0 aliphatic heterocycles. The molecule has 1 N–H and O–H groups in total. The van der Waals surface area contributed by atoms with Gasteiger partial charge in [0, 0.05) is 30.5 Å². The first-order valence-corrected chi connectivity index (χ1v) is 9.80. The number of nitrogens with zero attached hydrogens (tertiary/aromatic N) is 3. The van der Waals surface area contributed by atoms with E-state index in [9.17, 15) is 0 Å². The van der Waals surface area contributed by atoms with Crippen molar-refractivity contribution in [1.82, 2.24) is 5.32 Å². The number of hydrogen-bond donors (Lipinski definition) is 1. The summed E-state index contributed by atoms with van der Waals surface area (Å²) in [6.07, 6.45) is 9.36. The molecule has 1 heterocycles. The molecule has 0 saturated carbocycles. The van der Waals surface area contributed by atoms with E-state index in [1.54, 1.807) is 24.6 Å². The van der Waals surface area contributed by atoms with Gasteiger partial charge in [0.05, 0.1) is 11.4 Å². The smallest absolute Gasteiger partial charge is 0.0584 e. The standard InChI is InChI=1S/C15H23N3.C5H6S.C2H7N/c1-7-9-17-13(4)14(5)18-10-12(3)15(8-2)11-16-6;1-5-3-2-4-6-5;1-3-2/h7-11H,1-6H3;2-4H,1H3;3H,1-2H3/b9-7-,12-10+,15-8+,16-11?,17-13?,18-14?;;. The van der Waals surface area contributed by atoms with Crippen LogP contribution in [0.25, 0.3) is 0 Å². The third-order valence-corrected chi connectivity index (χ3v) is 3.89. The van der Waals surface area contributed by atoms with Gasteiger partial charge in [0.1, 0.15) is 0 Å². The van der Waals surface area contributed by atoms with Crippen LogP contribution in [0.5, 0.6) is 0 Å². The van der Waals surface area contributed by atoms with Gasteiger partial charge in [-0.2, -0.15) is 0 Å². The highest BCUT2D eigenvalue weighted by Gasteiger charge is 1.96. The molecule has 0 aliphatic carbocycles. The van der Waals surface area contributed by atoms with Crippen LogP contribution < -0.4 is 5.32 Å². The van der Waals surface area contributed by atoms with Gasteiger partial charge in [0.2, 0.25) is 0 Å². The van der Waals surface area contributed by atoms with Gasteiger partial charge in [-0.05, 0) is 78.2 Å². The molecule has 27 heavy (non-hydrogen) atoms. The lowest BCUT2D eigenvalue weighted by atomic mass is 10.1. The number of thiophene rings is 1. The van der Waals surface area contributed by atoms with Crippen LogP contribution in [0, 0.1) is 6.92 Å². The van der Waals surface area contributed by atoms with E-state index in [1.807, 2.05) is 73.3 Å². The predicted octanol–water partition coefficient (Wildman–Crippen LogP) is 5.88. The lowest BCUT2D eigenvalue weighted by Gasteiger charge is -2.00. The maximum atomic E-state index is 4.42. The Kier molecular flexibility index (Phi) is 18.8. The molecule has 5 heteroatoms. The lowest BCUT2D eigenvalue weighted by Crippen LogP contribution is -2.04. The van der Waals surface area contributed by atoms with Gasteiger partial charge in [-0.1, -0.05) is 18.2 Å². The Bertz CT molecular complexity index is 660. The van der Waals surface area contributed by atoms with Crippen molar-refractivity contribution in [2.45, 2.75) is 41.5 Å². The summed E-state index contributed by atoms with van der Waals surface area (Å²) >= 11 is 1.78. The highest BCUT2D eigenvalue weighted by atomic mass is 32.1. The Morgan fingerprint density at radius 1 is 1.07 bits per heavy atom. The second-order valence-corrected chi connectivity index (χ2v) is 6.73. The van der Waals surface area contributed by atoms with Crippen molar-refractivity contribution < 1.29 is 0 Å². The van der Waals surface area contributed by atoms with E-state index in [1.165, 1.54) is 4.88 Å². The zero-order chi connectivity index (χ0) is 21.1. The molecule has 0 saturated heterocycles. The van der Waals surface area contributed by atoms with Crippen molar-refractivity contribution in [1.29, 1.82) is 0 Å². The summed E-state index contributed by atoms with van der Waals surface area (Å²) in [5.74, 6) is 0. The zero-order valence-corrected chi connectivity index (χ0v) is 19.2. The van der Waals surface area contributed by atoms with Gasteiger partial charge in [-0.25, -0.2) is 0 Å². The fraction of sp³-hybridized carbons (Fsp3) is 0.409. The fourth-order valence-corrected chi connectivity index (χ4v) is 2.07. The molecule has 0 bridgehead atoms. The van der Waals surface area contributed by atoms with Crippen molar-refractivity contribution in [2.24, 2.45) is 15.0 Å². The third kappa shape index (κ3) is 15.8. The number of allylic oxidation sites excluding steroid dienone is 4. The second-order valence-electron chi connectivity index (χ2n) is 5.58. The first-order valence-electron chi connectivity index (χ1n) is 8.92. The average molecular weight is 389 g/mol. The molecule has 0 radical (unpaired) electrons. The van der Waals surface area contributed by atoms with Crippen LogP contribution in [0.4, 0.5) is 0 Å². The van der Waals surface area contributed by atoms with Gasteiger partial charge in [0.25, 0.3) is 0 Å². The molecule has 1 aromatic heterocycles. The number of rotatable bonds is 5. The predicted molar refractivity (Wildman–Crippen MR) is 127 cm³/mol. The first kappa shape index (κ1) is 27.1. The molecule has 0 aromatic carbocycles. The van der Waals surface area contributed by atoms with E-state index >= 15 is 0 Å². The Morgan fingerprint density at radius 2 is 1.67 bits per heavy atom. The van der Waals surface area contributed by atoms with Gasteiger partial charge in [-0.15, -0.1) is 11.3 Å². The van der Waals surface area contributed by atoms with Crippen LogP contribution in [0.1, 0.15) is 39.5 Å². The molecular weight excluding hydrogens is 352 g/mol. The summed E-state index contributed by atoms with van der Waals surface area (Å²) in [6.45, 7) is 12.0. The summed E-state index contributed by atoms with van der Waals surface area (Å²) in [4.78, 5) is 14.1. The number of aryl methyl sites for hydroxylation is 1.